The predicted molar refractivity (Wildman–Crippen MR) is 69.0 cm³/mol. The van der Waals surface area contributed by atoms with Crippen LogP contribution in [0.5, 0.6) is 5.75 Å². The van der Waals surface area contributed by atoms with Crippen molar-refractivity contribution in [1.29, 1.82) is 0 Å². The largest absolute Gasteiger partial charge is 0.507 e. The summed E-state index contributed by atoms with van der Waals surface area (Å²) in [6, 6.07) is 4.87. The lowest BCUT2D eigenvalue weighted by molar-refractivity contribution is 0.0934. The van der Waals surface area contributed by atoms with Gasteiger partial charge >= 0.3 is 0 Å². The summed E-state index contributed by atoms with van der Waals surface area (Å²) in [5.74, 6) is -0.223. The van der Waals surface area contributed by atoms with Gasteiger partial charge in [-0.3, -0.25) is 4.79 Å². The van der Waals surface area contributed by atoms with Gasteiger partial charge in [-0.15, -0.1) is 0 Å². The number of benzene rings is 1. The van der Waals surface area contributed by atoms with E-state index in [2.05, 4.69) is 37.2 Å². The van der Waals surface area contributed by atoms with E-state index in [9.17, 15) is 9.90 Å². The first kappa shape index (κ1) is 11.9. The Hall–Kier alpha value is -0.550. The van der Waals surface area contributed by atoms with Crippen molar-refractivity contribution in [3.05, 3.63) is 28.2 Å². The number of hydrogen-bond acceptors (Lipinski definition) is 2. The fourth-order valence-corrected chi connectivity index (χ4v) is 2.50. The second-order valence-corrected chi connectivity index (χ2v) is 5.51. The maximum absolute atomic E-state index is 11.9. The first-order valence-electron chi connectivity index (χ1n) is 4.93. The lowest BCUT2D eigenvalue weighted by atomic mass is 10.1. The van der Waals surface area contributed by atoms with Crippen LogP contribution in [0, 0.1) is 0 Å². The van der Waals surface area contributed by atoms with E-state index in [0.29, 0.717) is 5.56 Å². The number of phenols is 1. The van der Waals surface area contributed by atoms with Crippen LogP contribution in [0.4, 0.5) is 0 Å². The maximum atomic E-state index is 11.9. The molecule has 1 fully saturated rings. The summed E-state index contributed by atoms with van der Waals surface area (Å²) in [5.41, 5.74) is 0.215. The zero-order chi connectivity index (χ0) is 11.8. The van der Waals surface area contributed by atoms with Crippen molar-refractivity contribution in [1.82, 2.24) is 5.32 Å². The summed E-state index contributed by atoms with van der Waals surface area (Å²) in [5, 5.41) is 13.3. The van der Waals surface area contributed by atoms with Crippen molar-refractivity contribution < 1.29 is 9.90 Å². The molecule has 0 bridgehead atoms. The van der Waals surface area contributed by atoms with Crippen molar-refractivity contribution in [2.45, 2.75) is 18.4 Å². The molecule has 1 aromatic carbocycles. The highest BCUT2D eigenvalue weighted by Gasteiger charge is 2.43. The molecule has 2 rings (SSSR count). The third kappa shape index (κ3) is 2.40. The second kappa shape index (κ2) is 4.37. The van der Waals surface area contributed by atoms with Crippen LogP contribution in [-0.2, 0) is 0 Å². The van der Waals surface area contributed by atoms with Crippen LogP contribution in [0.2, 0.25) is 0 Å². The average Bonchev–Trinajstić information content (AvgIpc) is 2.98. The lowest BCUT2D eigenvalue weighted by Gasteiger charge is -2.14. The van der Waals surface area contributed by atoms with E-state index >= 15 is 0 Å². The highest BCUT2D eigenvalue weighted by atomic mass is 79.9. The van der Waals surface area contributed by atoms with E-state index < -0.39 is 0 Å². The molecular formula is C11H11Br2NO2. The van der Waals surface area contributed by atoms with E-state index in [1.165, 1.54) is 6.07 Å². The molecule has 1 aliphatic carbocycles. The lowest BCUT2D eigenvalue weighted by Crippen LogP contribution is -2.38. The number of carbonyl (C=O) groups is 1. The zero-order valence-corrected chi connectivity index (χ0v) is 11.6. The zero-order valence-electron chi connectivity index (χ0n) is 8.46. The summed E-state index contributed by atoms with van der Waals surface area (Å²) in [7, 11) is 0. The Kier molecular flexibility index (Phi) is 3.26. The molecule has 0 aliphatic heterocycles. The Morgan fingerprint density at radius 3 is 2.69 bits per heavy atom. The standard InChI is InChI=1S/C11H11Br2NO2/c12-6-11(3-4-11)14-10(16)8-2-1-7(13)5-9(8)15/h1-2,5,15H,3-4,6H2,(H,14,16). The maximum Gasteiger partial charge on any atom is 0.255 e. The van der Waals surface area contributed by atoms with Crippen LogP contribution in [0.3, 0.4) is 0 Å². The average molecular weight is 349 g/mol. The van der Waals surface area contributed by atoms with Gasteiger partial charge in [0.2, 0.25) is 0 Å². The molecule has 1 amide bonds. The minimum Gasteiger partial charge on any atom is -0.507 e. The summed E-state index contributed by atoms with van der Waals surface area (Å²) in [4.78, 5) is 11.9. The Bertz CT molecular complexity index is 430. The number of halogens is 2. The molecule has 0 unspecified atom stereocenters. The van der Waals surface area contributed by atoms with E-state index in [-0.39, 0.29) is 17.2 Å². The molecule has 0 aromatic heterocycles. The van der Waals surface area contributed by atoms with Gasteiger partial charge in [-0.1, -0.05) is 31.9 Å². The van der Waals surface area contributed by atoms with Gasteiger partial charge in [0.15, 0.2) is 0 Å². The molecule has 0 heterocycles. The van der Waals surface area contributed by atoms with Gasteiger partial charge in [0.25, 0.3) is 5.91 Å². The summed E-state index contributed by atoms with van der Waals surface area (Å²) in [6.45, 7) is 0. The molecular weight excluding hydrogens is 338 g/mol. The predicted octanol–water partition coefficient (Wildman–Crippen LogP) is 2.81. The van der Waals surface area contributed by atoms with Crippen LogP contribution in [0.25, 0.3) is 0 Å². The molecule has 5 heteroatoms. The smallest absolute Gasteiger partial charge is 0.255 e. The number of rotatable bonds is 3. The Morgan fingerprint density at radius 1 is 1.50 bits per heavy atom. The topological polar surface area (TPSA) is 49.3 Å². The number of alkyl halides is 1. The van der Waals surface area contributed by atoms with Gasteiger partial charge in [-0.25, -0.2) is 0 Å². The number of phenolic OH excluding ortho intramolecular Hbond substituents is 1. The Morgan fingerprint density at radius 2 is 2.19 bits per heavy atom. The fourth-order valence-electron chi connectivity index (χ4n) is 1.45. The van der Waals surface area contributed by atoms with Crippen LogP contribution in [-0.4, -0.2) is 21.9 Å². The van der Waals surface area contributed by atoms with Gasteiger partial charge in [0.05, 0.1) is 11.1 Å². The number of nitrogens with one attached hydrogen (secondary N) is 1. The van der Waals surface area contributed by atoms with E-state index in [0.717, 1.165) is 22.6 Å². The molecule has 0 atom stereocenters. The monoisotopic (exact) mass is 347 g/mol. The molecule has 86 valence electrons. The van der Waals surface area contributed by atoms with Crippen molar-refractivity contribution in [2.24, 2.45) is 0 Å². The highest BCUT2D eigenvalue weighted by molar-refractivity contribution is 9.10. The minimum absolute atomic E-state index is 0.00255. The first-order chi connectivity index (χ1) is 7.56. The van der Waals surface area contributed by atoms with Crippen molar-refractivity contribution in [2.75, 3.05) is 5.33 Å². The number of hydrogen-bond donors (Lipinski definition) is 2. The van der Waals surface area contributed by atoms with Gasteiger partial charge in [-0.2, -0.15) is 0 Å². The normalized spacial score (nSPS) is 16.9. The van der Waals surface area contributed by atoms with Gasteiger partial charge in [-0.05, 0) is 31.0 Å². The molecule has 3 nitrogen and oxygen atoms in total. The number of carbonyl (C=O) groups excluding carboxylic acids is 1. The first-order valence-corrected chi connectivity index (χ1v) is 6.85. The SMILES string of the molecule is O=C(NC1(CBr)CC1)c1ccc(Br)cc1O. The second-order valence-electron chi connectivity index (χ2n) is 4.03. The van der Waals surface area contributed by atoms with Gasteiger partial charge in [0, 0.05) is 9.80 Å². The summed E-state index contributed by atoms with van der Waals surface area (Å²) < 4.78 is 0.753. The van der Waals surface area contributed by atoms with Crippen molar-refractivity contribution in [3.63, 3.8) is 0 Å². The van der Waals surface area contributed by atoms with Crippen LogP contribution < -0.4 is 5.32 Å². The van der Waals surface area contributed by atoms with Crippen molar-refractivity contribution in [3.8, 4) is 5.75 Å². The van der Waals surface area contributed by atoms with Gasteiger partial charge < -0.3 is 10.4 Å². The van der Waals surface area contributed by atoms with Crippen molar-refractivity contribution >= 4 is 37.8 Å². The fraction of sp³-hybridized carbons (Fsp3) is 0.364. The molecule has 1 aliphatic rings. The van der Waals surface area contributed by atoms with Gasteiger partial charge in [0.1, 0.15) is 5.75 Å². The third-order valence-corrected chi connectivity index (χ3v) is 4.26. The number of aromatic hydroxyl groups is 1. The molecule has 1 aromatic rings. The third-order valence-electron chi connectivity index (χ3n) is 2.69. The Balaban J connectivity index is 2.15. The molecule has 2 N–H and O–H groups in total. The van der Waals surface area contributed by atoms with E-state index in [1.54, 1.807) is 12.1 Å². The molecule has 0 spiro atoms. The molecule has 0 radical (unpaired) electrons. The quantitative estimate of drug-likeness (QED) is 0.825. The minimum atomic E-state index is -0.220. The van der Waals surface area contributed by atoms with Crippen LogP contribution >= 0.6 is 31.9 Å². The Labute approximate surface area is 110 Å². The van der Waals surface area contributed by atoms with E-state index in [4.69, 9.17) is 0 Å². The molecule has 16 heavy (non-hydrogen) atoms. The summed E-state index contributed by atoms with van der Waals surface area (Å²) >= 11 is 6.61. The van der Waals surface area contributed by atoms with Crippen LogP contribution in [0.15, 0.2) is 22.7 Å². The van der Waals surface area contributed by atoms with E-state index in [1.807, 2.05) is 0 Å². The molecule has 0 saturated heterocycles. The molecule has 1 saturated carbocycles. The van der Waals surface area contributed by atoms with Crippen LogP contribution in [0.1, 0.15) is 23.2 Å². The summed E-state index contributed by atoms with van der Waals surface area (Å²) in [6.07, 6.45) is 1.97. The number of amides is 1. The highest BCUT2D eigenvalue weighted by Crippen LogP contribution is 2.37.